The molecule has 0 radical (unpaired) electrons. The lowest BCUT2D eigenvalue weighted by atomic mass is 9.72. The van der Waals surface area contributed by atoms with E-state index in [9.17, 15) is 14.4 Å². The number of allylic oxidation sites excluding steroid dienone is 1. The topological polar surface area (TPSA) is 69.7 Å². The molecule has 96 valence electrons. The second kappa shape index (κ2) is 3.93. The lowest BCUT2D eigenvalue weighted by Gasteiger charge is -2.28. The molecule has 4 unspecified atom stereocenters. The number of rotatable bonds is 1. The standard InChI is InChI=1S/C13H14O5/c1-6-2-7(8-4-10(14)17-5-8)3-9-11(6)13(16)18-12(9)15/h2,7-9,11H,3-5H2,1H3. The number of fused-ring (bicyclic) bond motifs is 1. The molecule has 2 fully saturated rings. The Morgan fingerprint density at radius 1 is 1.22 bits per heavy atom. The summed E-state index contributed by atoms with van der Waals surface area (Å²) in [6, 6.07) is 0. The molecule has 2 heterocycles. The Labute approximate surface area is 104 Å². The Bertz CT molecular complexity index is 464. The molecule has 3 rings (SSSR count). The molecule has 0 saturated carbocycles. The molecule has 4 atom stereocenters. The number of hydrogen-bond donors (Lipinski definition) is 0. The molecule has 3 aliphatic rings. The lowest BCUT2D eigenvalue weighted by molar-refractivity contribution is -0.153. The van der Waals surface area contributed by atoms with Gasteiger partial charge in [-0.25, -0.2) is 0 Å². The van der Waals surface area contributed by atoms with Crippen LogP contribution in [0, 0.1) is 23.7 Å². The van der Waals surface area contributed by atoms with Crippen molar-refractivity contribution in [1.29, 1.82) is 0 Å². The smallest absolute Gasteiger partial charge is 0.321 e. The minimum Gasteiger partial charge on any atom is -0.465 e. The van der Waals surface area contributed by atoms with Crippen LogP contribution in [0.5, 0.6) is 0 Å². The monoisotopic (exact) mass is 250 g/mol. The van der Waals surface area contributed by atoms with Crippen molar-refractivity contribution in [3.05, 3.63) is 11.6 Å². The summed E-state index contributed by atoms with van der Waals surface area (Å²) in [5.41, 5.74) is 0.881. The van der Waals surface area contributed by atoms with E-state index < -0.39 is 17.9 Å². The Balaban J connectivity index is 1.84. The lowest BCUT2D eigenvalue weighted by Crippen LogP contribution is -2.29. The van der Waals surface area contributed by atoms with Crippen molar-refractivity contribution in [2.75, 3.05) is 6.61 Å². The van der Waals surface area contributed by atoms with E-state index in [1.807, 2.05) is 13.0 Å². The number of hydrogen-bond acceptors (Lipinski definition) is 5. The summed E-state index contributed by atoms with van der Waals surface area (Å²) >= 11 is 0. The molecule has 0 bridgehead atoms. The highest BCUT2D eigenvalue weighted by atomic mass is 16.6. The quantitative estimate of drug-likeness (QED) is 0.391. The normalized spacial score (nSPS) is 39.2. The summed E-state index contributed by atoms with van der Waals surface area (Å²) in [6.07, 6.45) is 2.98. The van der Waals surface area contributed by atoms with Gasteiger partial charge in [-0.15, -0.1) is 0 Å². The van der Waals surface area contributed by atoms with E-state index in [1.165, 1.54) is 0 Å². The van der Waals surface area contributed by atoms with Crippen LogP contribution >= 0.6 is 0 Å². The zero-order valence-corrected chi connectivity index (χ0v) is 10.0. The van der Waals surface area contributed by atoms with Gasteiger partial charge in [-0.1, -0.05) is 11.6 Å². The number of carbonyl (C=O) groups excluding carboxylic acids is 3. The minimum absolute atomic E-state index is 0.121. The van der Waals surface area contributed by atoms with Crippen LogP contribution in [0.3, 0.4) is 0 Å². The number of carbonyl (C=O) groups is 3. The zero-order chi connectivity index (χ0) is 12.9. The van der Waals surface area contributed by atoms with Gasteiger partial charge in [0.15, 0.2) is 0 Å². The first-order chi connectivity index (χ1) is 8.56. The third kappa shape index (κ3) is 1.65. The average molecular weight is 250 g/mol. The fourth-order valence-corrected chi connectivity index (χ4v) is 3.21. The molecule has 2 aliphatic heterocycles. The third-order valence-electron chi connectivity index (χ3n) is 4.15. The first kappa shape index (κ1) is 11.4. The SMILES string of the molecule is CC1=CC(C2COC(=O)C2)CC2C(=O)OC(=O)C12. The van der Waals surface area contributed by atoms with Crippen LogP contribution in [0.2, 0.25) is 0 Å². The molecule has 18 heavy (non-hydrogen) atoms. The Morgan fingerprint density at radius 2 is 2.00 bits per heavy atom. The molecular formula is C13H14O5. The van der Waals surface area contributed by atoms with E-state index in [2.05, 4.69) is 0 Å². The summed E-state index contributed by atoms with van der Waals surface area (Å²) in [5.74, 6) is -1.58. The summed E-state index contributed by atoms with van der Waals surface area (Å²) in [6.45, 7) is 2.26. The summed E-state index contributed by atoms with van der Waals surface area (Å²) in [4.78, 5) is 34.3. The van der Waals surface area contributed by atoms with Crippen molar-refractivity contribution >= 4 is 17.9 Å². The van der Waals surface area contributed by atoms with Gasteiger partial charge in [0.05, 0.1) is 24.9 Å². The van der Waals surface area contributed by atoms with E-state index >= 15 is 0 Å². The zero-order valence-electron chi connectivity index (χ0n) is 10.0. The summed E-state index contributed by atoms with van der Waals surface area (Å²) in [5, 5.41) is 0. The van der Waals surface area contributed by atoms with Gasteiger partial charge in [0.1, 0.15) is 0 Å². The minimum atomic E-state index is -0.434. The van der Waals surface area contributed by atoms with Crippen molar-refractivity contribution in [2.45, 2.75) is 19.8 Å². The molecule has 0 N–H and O–H groups in total. The highest BCUT2D eigenvalue weighted by Crippen LogP contribution is 2.43. The maximum atomic E-state index is 11.6. The van der Waals surface area contributed by atoms with Crippen molar-refractivity contribution in [2.24, 2.45) is 23.7 Å². The van der Waals surface area contributed by atoms with Crippen LogP contribution in [0.1, 0.15) is 19.8 Å². The van der Waals surface area contributed by atoms with Gasteiger partial charge in [0.25, 0.3) is 0 Å². The molecular weight excluding hydrogens is 236 g/mol. The molecule has 0 aromatic carbocycles. The van der Waals surface area contributed by atoms with E-state index in [-0.39, 0.29) is 23.7 Å². The van der Waals surface area contributed by atoms with Crippen LogP contribution in [-0.2, 0) is 23.9 Å². The second-order valence-electron chi connectivity index (χ2n) is 5.28. The van der Waals surface area contributed by atoms with Crippen molar-refractivity contribution < 1.29 is 23.9 Å². The van der Waals surface area contributed by atoms with Crippen molar-refractivity contribution in [1.82, 2.24) is 0 Å². The van der Waals surface area contributed by atoms with E-state index in [0.717, 1.165) is 5.57 Å². The predicted octanol–water partition coefficient (Wildman–Crippen LogP) is 0.831. The Morgan fingerprint density at radius 3 is 2.67 bits per heavy atom. The van der Waals surface area contributed by atoms with E-state index in [4.69, 9.17) is 9.47 Å². The maximum Gasteiger partial charge on any atom is 0.321 e. The predicted molar refractivity (Wildman–Crippen MR) is 59.0 cm³/mol. The number of esters is 3. The van der Waals surface area contributed by atoms with Gasteiger partial charge in [-0.05, 0) is 19.3 Å². The van der Waals surface area contributed by atoms with Crippen molar-refractivity contribution in [3.8, 4) is 0 Å². The Kier molecular flexibility index (Phi) is 2.50. The number of cyclic esters (lactones) is 3. The van der Waals surface area contributed by atoms with Crippen molar-refractivity contribution in [3.63, 3.8) is 0 Å². The van der Waals surface area contributed by atoms with Gasteiger partial charge in [0.2, 0.25) is 0 Å². The molecule has 0 aromatic rings. The van der Waals surface area contributed by atoms with Crippen LogP contribution in [-0.4, -0.2) is 24.5 Å². The summed E-state index contributed by atoms with van der Waals surface area (Å²) < 4.78 is 9.66. The number of ether oxygens (including phenoxy) is 2. The fraction of sp³-hybridized carbons (Fsp3) is 0.615. The van der Waals surface area contributed by atoms with Crippen LogP contribution in [0.15, 0.2) is 11.6 Å². The average Bonchev–Trinajstić information content (AvgIpc) is 2.84. The highest BCUT2D eigenvalue weighted by molar-refractivity contribution is 5.98. The largest absolute Gasteiger partial charge is 0.465 e. The third-order valence-corrected chi connectivity index (χ3v) is 4.15. The van der Waals surface area contributed by atoms with E-state index in [1.54, 1.807) is 0 Å². The fourth-order valence-electron chi connectivity index (χ4n) is 3.21. The van der Waals surface area contributed by atoms with Gasteiger partial charge in [-0.3, -0.25) is 14.4 Å². The molecule has 0 spiro atoms. The van der Waals surface area contributed by atoms with Crippen LogP contribution in [0.4, 0.5) is 0 Å². The Hall–Kier alpha value is -1.65. The first-order valence-electron chi connectivity index (χ1n) is 6.15. The van der Waals surface area contributed by atoms with E-state index in [0.29, 0.717) is 19.4 Å². The van der Waals surface area contributed by atoms with Gasteiger partial charge >= 0.3 is 17.9 Å². The van der Waals surface area contributed by atoms with Gasteiger partial charge in [0, 0.05) is 5.92 Å². The molecule has 0 amide bonds. The molecule has 5 nitrogen and oxygen atoms in total. The van der Waals surface area contributed by atoms with Crippen LogP contribution < -0.4 is 0 Å². The van der Waals surface area contributed by atoms with Crippen LogP contribution in [0.25, 0.3) is 0 Å². The first-order valence-corrected chi connectivity index (χ1v) is 6.15. The second-order valence-corrected chi connectivity index (χ2v) is 5.28. The maximum absolute atomic E-state index is 11.6. The van der Waals surface area contributed by atoms with Gasteiger partial charge < -0.3 is 9.47 Å². The molecule has 0 aromatic heterocycles. The molecule has 5 heteroatoms. The molecule has 2 saturated heterocycles. The van der Waals surface area contributed by atoms with Gasteiger partial charge in [-0.2, -0.15) is 0 Å². The highest BCUT2D eigenvalue weighted by Gasteiger charge is 2.49. The molecule has 1 aliphatic carbocycles. The summed E-state index contributed by atoms with van der Waals surface area (Å²) in [7, 11) is 0.